The fraction of sp³-hybridized carbons (Fsp3) is 0.462. The molecule has 1 rings (SSSR count). The van der Waals surface area contributed by atoms with E-state index in [4.69, 9.17) is 5.11 Å². The molecule has 1 N–H and O–H groups in total. The van der Waals surface area contributed by atoms with Crippen LogP contribution < -0.4 is 0 Å². The maximum atomic E-state index is 12.4. The summed E-state index contributed by atoms with van der Waals surface area (Å²) in [5, 5.41) is 8.85. The van der Waals surface area contributed by atoms with Gasteiger partial charge in [-0.05, 0) is 24.3 Å². The second kappa shape index (κ2) is 6.95. The topological polar surface area (TPSA) is 112 Å². The van der Waals surface area contributed by atoms with Crippen LogP contribution in [0.1, 0.15) is 6.92 Å². The van der Waals surface area contributed by atoms with E-state index >= 15 is 0 Å². The average Bonchev–Trinajstić information content (AvgIpc) is 2.46. The van der Waals surface area contributed by atoms with Gasteiger partial charge in [0.1, 0.15) is 0 Å². The smallest absolute Gasteiger partial charge is 0.307 e. The molecule has 0 fully saturated rings. The van der Waals surface area contributed by atoms with Gasteiger partial charge in [0.15, 0.2) is 0 Å². The van der Waals surface area contributed by atoms with Gasteiger partial charge in [-0.1, -0.05) is 6.92 Å². The first-order chi connectivity index (χ1) is 10.4. The number of benzene rings is 1. The summed E-state index contributed by atoms with van der Waals surface area (Å²) in [6.45, 7) is 1.22. The number of sulfonamides is 2. The number of carbonyl (C=O) groups is 1. The van der Waals surface area contributed by atoms with E-state index in [2.05, 4.69) is 0 Å². The standard InChI is InChI=1S/C13H20N2O6S2/c1-10(13(16)17)9-15(4)23(20,21)12-7-5-11(6-8-12)22(18,19)14(2)3/h5-8,10H,9H2,1-4H3,(H,16,17). The molecular weight excluding hydrogens is 344 g/mol. The minimum absolute atomic E-state index is 0.0250. The summed E-state index contributed by atoms with van der Waals surface area (Å²) < 4.78 is 50.6. The monoisotopic (exact) mass is 364 g/mol. The number of hydrogen-bond donors (Lipinski definition) is 1. The van der Waals surface area contributed by atoms with E-state index in [1.165, 1.54) is 52.3 Å². The van der Waals surface area contributed by atoms with Crippen molar-refractivity contribution in [3.63, 3.8) is 0 Å². The first-order valence-corrected chi connectivity index (χ1v) is 9.50. The zero-order valence-corrected chi connectivity index (χ0v) is 14.9. The van der Waals surface area contributed by atoms with Gasteiger partial charge < -0.3 is 5.11 Å². The van der Waals surface area contributed by atoms with E-state index in [-0.39, 0.29) is 16.3 Å². The van der Waals surface area contributed by atoms with Crippen LogP contribution in [0.25, 0.3) is 0 Å². The van der Waals surface area contributed by atoms with Gasteiger partial charge in [0.05, 0.1) is 15.7 Å². The van der Waals surface area contributed by atoms with E-state index < -0.39 is 31.9 Å². The maximum absolute atomic E-state index is 12.4. The van der Waals surface area contributed by atoms with Crippen LogP contribution in [0.3, 0.4) is 0 Å². The average molecular weight is 364 g/mol. The van der Waals surface area contributed by atoms with Gasteiger partial charge in [0.2, 0.25) is 20.0 Å². The lowest BCUT2D eigenvalue weighted by molar-refractivity contribution is -0.141. The van der Waals surface area contributed by atoms with E-state index in [9.17, 15) is 21.6 Å². The Morgan fingerprint density at radius 3 is 1.74 bits per heavy atom. The number of hydrogen-bond acceptors (Lipinski definition) is 5. The molecule has 0 amide bonds. The summed E-state index contributed by atoms with van der Waals surface area (Å²) in [6, 6.07) is 4.79. The minimum Gasteiger partial charge on any atom is -0.481 e. The van der Waals surface area contributed by atoms with Crippen molar-refractivity contribution in [1.82, 2.24) is 8.61 Å². The first-order valence-electron chi connectivity index (χ1n) is 6.62. The molecule has 0 saturated carbocycles. The van der Waals surface area contributed by atoms with Crippen molar-refractivity contribution in [3.8, 4) is 0 Å². The van der Waals surface area contributed by atoms with Gasteiger partial charge in [-0.2, -0.15) is 0 Å². The molecule has 1 unspecified atom stereocenters. The fourth-order valence-corrected chi connectivity index (χ4v) is 3.90. The van der Waals surface area contributed by atoms with Gasteiger partial charge in [0.25, 0.3) is 0 Å². The molecule has 0 aliphatic carbocycles. The van der Waals surface area contributed by atoms with Crippen molar-refractivity contribution in [2.75, 3.05) is 27.7 Å². The Bertz CT molecular complexity index is 769. The third-order valence-electron chi connectivity index (χ3n) is 3.26. The largest absolute Gasteiger partial charge is 0.481 e. The number of nitrogens with zero attached hydrogens (tertiary/aromatic N) is 2. The summed E-state index contributed by atoms with van der Waals surface area (Å²) in [7, 11) is -3.50. The number of carboxylic acid groups (broad SMARTS) is 1. The molecule has 1 aromatic carbocycles. The quantitative estimate of drug-likeness (QED) is 0.744. The fourth-order valence-electron chi connectivity index (χ4n) is 1.74. The van der Waals surface area contributed by atoms with E-state index in [1.54, 1.807) is 0 Å². The Morgan fingerprint density at radius 2 is 1.39 bits per heavy atom. The van der Waals surface area contributed by atoms with Gasteiger partial charge >= 0.3 is 5.97 Å². The first kappa shape index (κ1) is 19.6. The van der Waals surface area contributed by atoms with E-state index in [0.717, 1.165) is 8.61 Å². The highest BCUT2D eigenvalue weighted by Crippen LogP contribution is 2.19. The SMILES string of the molecule is CC(CN(C)S(=O)(=O)c1ccc(S(=O)(=O)N(C)C)cc1)C(=O)O. The Kier molecular flexibility index (Phi) is 5.91. The molecule has 0 aromatic heterocycles. The third kappa shape index (κ3) is 4.28. The van der Waals surface area contributed by atoms with Gasteiger partial charge in [-0.15, -0.1) is 0 Å². The Labute approximate surface area is 136 Å². The molecule has 0 saturated heterocycles. The molecule has 0 aliphatic rings. The molecule has 0 radical (unpaired) electrons. The summed E-state index contributed by atoms with van der Waals surface area (Å²) >= 11 is 0. The van der Waals surface area contributed by atoms with Crippen LogP contribution in [-0.4, -0.2) is 64.2 Å². The van der Waals surface area contributed by atoms with Gasteiger partial charge in [-0.25, -0.2) is 25.4 Å². The van der Waals surface area contributed by atoms with E-state index in [0.29, 0.717) is 0 Å². The number of carboxylic acids is 1. The Balaban J connectivity index is 3.10. The molecule has 0 heterocycles. The molecule has 0 bridgehead atoms. The molecule has 1 atom stereocenters. The van der Waals surface area contributed by atoms with Crippen LogP contribution in [0, 0.1) is 5.92 Å². The van der Waals surface area contributed by atoms with Crippen molar-refractivity contribution < 1.29 is 26.7 Å². The lowest BCUT2D eigenvalue weighted by atomic mass is 10.2. The predicted octanol–water partition coefficient (Wildman–Crippen LogP) is 0.278. The van der Waals surface area contributed by atoms with Crippen molar-refractivity contribution in [1.29, 1.82) is 0 Å². The second-order valence-corrected chi connectivity index (χ2v) is 9.48. The molecule has 130 valence electrons. The Hall–Kier alpha value is -1.49. The normalized spacial score (nSPS) is 14.2. The summed E-state index contributed by atoms with van der Waals surface area (Å²) in [5.74, 6) is -1.96. The van der Waals surface area contributed by atoms with Crippen LogP contribution in [-0.2, 0) is 24.8 Å². The van der Waals surface area contributed by atoms with Crippen LogP contribution in [0.2, 0.25) is 0 Å². The summed E-state index contributed by atoms with van der Waals surface area (Å²) in [6.07, 6.45) is 0. The molecule has 8 nitrogen and oxygen atoms in total. The molecule has 0 aliphatic heterocycles. The maximum Gasteiger partial charge on any atom is 0.307 e. The molecular formula is C13H20N2O6S2. The molecule has 0 spiro atoms. The van der Waals surface area contributed by atoms with Crippen molar-refractivity contribution >= 4 is 26.0 Å². The highest BCUT2D eigenvalue weighted by molar-refractivity contribution is 7.89. The van der Waals surface area contributed by atoms with Gasteiger partial charge in [0, 0.05) is 27.7 Å². The third-order valence-corrected chi connectivity index (χ3v) is 6.93. The highest BCUT2D eigenvalue weighted by atomic mass is 32.2. The van der Waals surface area contributed by atoms with E-state index in [1.807, 2.05) is 0 Å². The lowest BCUT2D eigenvalue weighted by Gasteiger charge is -2.19. The van der Waals surface area contributed by atoms with Crippen LogP contribution >= 0.6 is 0 Å². The molecule has 23 heavy (non-hydrogen) atoms. The zero-order valence-electron chi connectivity index (χ0n) is 13.3. The van der Waals surface area contributed by atoms with Crippen molar-refractivity contribution in [2.45, 2.75) is 16.7 Å². The summed E-state index contributed by atoms with van der Waals surface area (Å²) in [4.78, 5) is 10.7. The number of aliphatic carboxylic acids is 1. The zero-order chi connectivity index (χ0) is 18.0. The summed E-state index contributed by atoms with van der Waals surface area (Å²) in [5.41, 5.74) is 0. The van der Waals surface area contributed by atoms with Crippen LogP contribution in [0.5, 0.6) is 0 Å². The lowest BCUT2D eigenvalue weighted by Crippen LogP contribution is -2.33. The van der Waals surface area contributed by atoms with Crippen molar-refractivity contribution in [2.24, 2.45) is 5.92 Å². The second-order valence-electron chi connectivity index (χ2n) is 5.28. The van der Waals surface area contributed by atoms with Crippen LogP contribution in [0.4, 0.5) is 0 Å². The minimum atomic E-state index is -3.89. The van der Waals surface area contributed by atoms with Gasteiger partial charge in [-0.3, -0.25) is 4.79 Å². The molecule has 1 aromatic rings. The highest BCUT2D eigenvalue weighted by Gasteiger charge is 2.25. The molecule has 10 heteroatoms. The predicted molar refractivity (Wildman–Crippen MR) is 83.9 cm³/mol. The van der Waals surface area contributed by atoms with Crippen molar-refractivity contribution in [3.05, 3.63) is 24.3 Å². The van der Waals surface area contributed by atoms with Crippen LogP contribution in [0.15, 0.2) is 34.1 Å². The number of rotatable bonds is 7. The Morgan fingerprint density at radius 1 is 1.00 bits per heavy atom.